The molecule has 1 aliphatic heterocycles. The summed E-state index contributed by atoms with van der Waals surface area (Å²) in [5.41, 5.74) is 0.964. The predicted molar refractivity (Wildman–Crippen MR) is 80.1 cm³/mol. The molecule has 1 N–H and O–H groups in total. The van der Waals surface area contributed by atoms with Crippen molar-refractivity contribution in [3.63, 3.8) is 0 Å². The van der Waals surface area contributed by atoms with Gasteiger partial charge in [-0.1, -0.05) is 18.0 Å². The smallest absolute Gasteiger partial charge is 0.270 e. The van der Waals surface area contributed by atoms with Crippen LogP contribution < -0.4 is 5.32 Å². The molecule has 2 rings (SSSR count). The molecule has 1 atom stereocenters. The van der Waals surface area contributed by atoms with E-state index in [9.17, 15) is 10.1 Å². The lowest BCUT2D eigenvalue weighted by atomic mass is 10.0. The van der Waals surface area contributed by atoms with Crippen LogP contribution in [0.2, 0.25) is 5.02 Å². The first kappa shape index (κ1) is 15.2. The van der Waals surface area contributed by atoms with Crippen LogP contribution in [0.1, 0.15) is 24.8 Å². The fourth-order valence-corrected chi connectivity index (χ4v) is 2.82. The van der Waals surface area contributed by atoms with Gasteiger partial charge in [0.2, 0.25) is 0 Å². The van der Waals surface area contributed by atoms with E-state index < -0.39 is 4.92 Å². The number of hydrogen-bond acceptors (Lipinski definition) is 4. The zero-order valence-corrected chi connectivity index (χ0v) is 12.4. The van der Waals surface area contributed by atoms with Crippen LogP contribution in [0, 0.1) is 10.1 Å². The SMILES string of the molecule is CN(Cc1ccc([N+](=O)[O-])cc1Cl)CC1CCCCN1. The van der Waals surface area contributed by atoms with E-state index in [4.69, 9.17) is 11.6 Å². The monoisotopic (exact) mass is 297 g/mol. The summed E-state index contributed by atoms with van der Waals surface area (Å²) in [7, 11) is 2.05. The molecule has 1 aliphatic rings. The van der Waals surface area contributed by atoms with Gasteiger partial charge in [0.1, 0.15) is 0 Å². The van der Waals surface area contributed by atoms with Crippen molar-refractivity contribution >= 4 is 17.3 Å². The molecular weight excluding hydrogens is 278 g/mol. The van der Waals surface area contributed by atoms with Crippen molar-refractivity contribution in [2.24, 2.45) is 0 Å². The summed E-state index contributed by atoms with van der Waals surface area (Å²) in [4.78, 5) is 12.5. The number of rotatable bonds is 5. The Bertz CT molecular complexity index is 475. The maximum Gasteiger partial charge on any atom is 0.270 e. The van der Waals surface area contributed by atoms with Gasteiger partial charge in [0.25, 0.3) is 5.69 Å². The highest BCUT2D eigenvalue weighted by atomic mass is 35.5. The third-order valence-electron chi connectivity index (χ3n) is 3.63. The number of halogens is 1. The summed E-state index contributed by atoms with van der Waals surface area (Å²) in [6.07, 6.45) is 3.75. The number of nitrogens with zero attached hydrogens (tertiary/aromatic N) is 2. The van der Waals surface area contributed by atoms with Gasteiger partial charge < -0.3 is 10.2 Å². The molecule has 20 heavy (non-hydrogen) atoms. The molecule has 0 aromatic heterocycles. The van der Waals surface area contributed by atoms with Crippen LogP contribution in [-0.4, -0.2) is 36.0 Å². The van der Waals surface area contributed by atoms with Gasteiger partial charge >= 0.3 is 0 Å². The van der Waals surface area contributed by atoms with Crippen molar-refractivity contribution < 1.29 is 4.92 Å². The molecule has 0 saturated carbocycles. The number of piperidine rings is 1. The summed E-state index contributed by atoms with van der Waals surface area (Å²) in [5, 5.41) is 14.6. The van der Waals surface area contributed by atoms with E-state index in [1.807, 2.05) is 7.05 Å². The second kappa shape index (κ2) is 7.02. The first-order chi connectivity index (χ1) is 9.56. The second-order valence-corrected chi connectivity index (χ2v) is 5.78. The molecule has 110 valence electrons. The number of nitro benzene ring substituents is 1. The maximum atomic E-state index is 10.7. The number of likely N-dealkylation sites (N-methyl/N-ethyl adjacent to an activating group) is 1. The molecule has 0 radical (unpaired) electrons. The van der Waals surface area contributed by atoms with Crippen molar-refractivity contribution in [3.05, 3.63) is 38.9 Å². The number of non-ortho nitro benzene ring substituents is 1. The van der Waals surface area contributed by atoms with Crippen molar-refractivity contribution in [1.82, 2.24) is 10.2 Å². The summed E-state index contributed by atoms with van der Waals surface area (Å²) < 4.78 is 0. The summed E-state index contributed by atoms with van der Waals surface area (Å²) in [6.45, 7) is 2.76. The molecule has 5 nitrogen and oxygen atoms in total. The molecule has 0 aliphatic carbocycles. The number of nitrogens with one attached hydrogen (secondary N) is 1. The van der Waals surface area contributed by atoms with Crippen molar-refractivity contribution in [2.75, 3.05) is 20.1 Å². The van der Waals surface area contributed by atoms with Gasteiger partial charge in [-0.15, -0.1) is 0 Å². The molecule has 1 unspecified atom stereocenters. The molecule has 1 saturated heterocycles. The van der Waals surface area contributed by atoms with Crippen molar-refractivity contribution in [1.29, 1.82) is 0 Å². The highest BCUT2D eigenvalue weighted by Gasteiger charge is 2.16. The topological polar surface area (TPSA) is 58.4 Å². The van der Waals surface area contributed by atoms with Gasteiger partial charge in [0, 0.05) is 31.3 Å². The lowest BCUT2D eigenvalue weighted by Gasteiger charge is -2.28. The molecule has 1 aromatic carbocycles. The molecule has 0 spiro atoms. The maximum absolute atomic E-state index is 10.7. The number of benzene rings is 1. The lowest BCUT2D eigenvalue weighted by Crippen LogP contribution is -2.42. The Morgan fingerprint density at radius 3 is 2.90 bits per heavy atom. The normalized spacial score (nSPS) is 19.2. The van der Waals surface area contributed by atoms with E-state index in [1.165, 1.54) is 31.4 Å². The minimum Gasteiger partial charge on any atom is -0.313 e. The van der Waals surface area contributed by atoms with Gasteiger partial charge in [0.15, 0.2) is 0 Å². The van der Waals surface area contributed by atoms with Crippen LogP contribution in [0.3, 0.4) is 0 Å². The third-order valence-corrected chi connectivity index (χ3v) is 3.98. The molecule has 6 heteroatoms. The minimum absolute atomic E-state index is 0.0374. The Balaban J connectivity index is 1.93. The zero-order valence-electron chi connectivity index (χ0n) is 11.6. The average Bonchev–Trinajstić information content (AvgIpc) is 2.42. The van der Waals surface area contributed by atoms with Crippen molar-refractivity contribution in [3.8, 4) is 0 Å². The van der Waals surface area contributed by atoms with E-state index in [2.05, 4.69) is 10.2 Å². The minimum atomic E-state index is -0.425. The Hall–Kier alpha value is -1.17. The lowest BCUT2D eigenvalue weighted by molar-refractivity contribution is -0.384. The molecule has 0 amide bonds. The van der Waals surface area contributed by atoms with Crippen LogP contribution >= 0.6 is 11.6 Å². The number of nitro groups is 1. The summed E-state index contributed by atoms with van der Waals surface area (Å²) in [6, 6.07) is 5.20. The fraction of sp³-hybridized carbons (Fsp3) is 0.571. The van der Waals surface area contributed by atoms with Crippen LogP contribution in [-0.2, 0) is 6.54 Å². The van der Waals surface area contributed by atoms with Gasteiger partial charge in [0.05, 0.1) is 9.95 Å². The van der Waals surface area contributed by atoms with E-state index in [0.29, 0.717) is 17.6 Å². The Labute approximate surface area is 124 Å². The standard InChI is InChI=1S/C14H20ClN3O2/c1-17(10-12-4-2-3-7-16-12)9-11-5-6-13(18(19)20)8-14(11)15/h5-6,8,12,16H,2-4,7,9-10H2,1H3. The first-order valence-corrected chi connectivity index (χ1v) is 7.29. The van der Waals surface area contributed by atoms with Crippen molar-refractivity contribution in [2.45, 2.75) is 31.8 Å². The fourth-order valence-electron chi connectivity index (χ4n) is 2.59. The molecule has 1 aromatic rings. The van der Waals surface area contributed by atoms with Crippen LogP contribution in [0.4, 0.5) is 5.69 Å². The summed E-state index contributed by atoms with van der Waals surface area (Å²) in [5.74, 6) is 0. The second-order valence-electron chi connectivity index (χ2n) is 5.38. The average molecular weight is 298 g/mol. The predicted octanol–water partition coefficient (Wildman–Crippen LogP) is 2.82. The van der Waals surface area contributed by atoms with E-state index in [-0.39, 0.29) is 5.69 Å². The van der Waals surface area contributed by atoms with E-state index in [1.54, 1.807) is 6.07 Å². The van der Waals surface area contributed by atoms with Gasteiger partial charge in [-0.25, -0.2) is 0 Å². The first-order valence-electron chi connectivity index (χ1n) is 6.91. The Kier molecular flexibility index (Phi) is 5.34. The van der Waals surface area contributed by atoms with Crippen LogP contribution in [0.15, 0.2) is 18.2 Å². The van der Waals surface area contributed by atoms with Crippen LogP contribution in [0.5, 0.6) is 0 Å². The van der Waals surface area contributed by atoms with Gasteiger partial charge in [-0.05, 0) is 38.1 Å². The number of hydrogen-bond donors (Lipinski definition) is 1. The largest absolute Gasteiger partial charge is 0.313 e. The highest BCUT2D eigenvalue weighted by Crippen LogP contribution is 2.23. The molecular formula is C14H20ClN3O2. The van der Waals surface area contributed by atoms with Crippen LogP contribution in [0.25, 0.3) is 0 Å². The zero-order chi connectivity index (χ0) is 14.5. The quantitative estimate of drug-likeness (QED) is 0.671. The van der Waals surface area contributed by atoms with E-state index >= 15 is 0 Å². The van der Waals surface area contributed by atoms with Gasteiger partial charge in [-0.3, -0.25) is 10.1 Å². The molecule has 1 heterocycles. The Morgan fingerprint density at radius 2 is 2.30 bits per heavy atom. The molecule has 0 bridgehead atoms. The summed E-state index contributed by atoms with van der Waals surface area (Å²) >= 11 is 6.11. The molecule has 1 fully saturated rings. The third kappa shape index (κ3) is 4.16. The van der Waals surface area contributed by atoms with E-state index in [0.717, 1.165) is 18.7 Å². The highest BCUT2D eigenvalue weighted by molar-refractivity contribution is 6.31. The Morgan fingerprint density at radius 1 is 1.50 bits per heavy atom. The van der Waals surface area contributed by atoms with Gasteiger partial charge in [-0.2, -0.15) is 0 Å².